The molecule has 27 heavy (non-hydrogen) atoms. The van der Waals surface area contributed by atoms with E-state index in [9.17, 15) is 9.50 Å². The molecule has 1 aliphatic carbocycles. The monoisotopic (exact) mass is 370 g/mol. The van der Waals surface area contributed by atoms with E-state index in [-0.39, 0.29) is 17.8 Å². The lowest BCUT2D eigenvalue weighted by atomic mass is 10.0. The molecule has 0 bridgehead atoms. The van der Waals surface area contributed by atoms with Gasteiger partial charge in [0.05, 0.1) is 12.3 Å². The number of nitrogens with zero attached hydrogens (tertiary/aromatic N) is 2. The zero-order valence-corrected chi connectivity index (χ0v) is 15.9. The third-order valence-electron chi connectivity index (χ3n) is 6.04. The number of benzene rings is 1. The van der Waals surface area contributed by atoms with Crippen LogP contribution in [0.1, 0.15) is 36.9 Å². The van der Waals surface area contributed by atoms with Gasteiger partial charge < -0.3 is 14.7 Å². The largest absolute Gasteiger partial charge is 0.505 e. The van der Waals surface area contributed by atoms with E-state index >= 15 is 0 Å². The molecule has 1 saturated carbocycles. The molecule has 0 amide bonds. The summed E-state index contributed by atoms with van der Waals surface area (Å²) in [5, 5.41) is 9.36. The number of hydrogen-bond acceptors (Lipinski definition) is 4. The SMILES string of the molecule is Cc1ccc(O[C@H]2C[C@@H]3CN(CC(C)c4ccc(O)c(F)c4)C[C@@H]3C2)cn1. The van der Waals surface area contributed by atoms with Crippen molar-refractivity contribution in [2.24, 2.45) is 11.8 Å². The van der Waals surface area contributed by atoms with Gasteiger partial charge in [0.2, 0.25) is 0 Å². The number of ether oxygens (including phenoxy) is 1. The topological polar surface area (TPSA) is 45.6 Å². The van der Waals surface area contributed by atoms with Gasteiger partial charge in [-0.3, -0.25) is 4.98 Å². The standard InChI is InChI=1S/C22H27FN2O2/c1-14(16-4-6-22(26)21(23)9-16)11-25-12-17-7-20(8-18(17)13-25)27-19-5-3-15(2)24-10-19/h3-6,9-10,14,17-18,20,26H,7-8,11-13H2,1-2H3/t14?,17-,18+,20+. The van der Waals surface area contributed by atoms with Crippen LogP contribution in [0.25, 0.3) is 0 Å². The van der Waals surface area contributed by atoms with Gasteiger partial charge in [-0.05, 0) is 67.3 Å². The molecule has 1 unspecified atom stereocenters. The molecule has 1 aliphatic heterocycles. The first-order valence-corrected chi connectivity index (χ1v) is 9.78. The first kappa shape index (κ1) is 18.2. The molecule has 5 heteroatoms. The number of likely N-dealkylation sites (tertiary alicyclic amines) is 1. The van der Waals surface area contributed by atoms with Gasteiger partial charge in [-0.2, -0.15) is 0 Å². The number of phenolic OH excluding ortho intramolecular Hbond substituents is 1. The van der Waals surface area contributed by atoms with Crippen molar-refractivity contribution < 1.29 is 14.2 Å². The van der Waals surface area contributed by atoms with Gasteiger partial charge >= 0.3 is 0 Å². The Morgan fingerprint density at radius 3 is 2.59 bits per heavy atom. The van der Waals surface area contributed by atoms with Crippen LogP contribution in [0.3, 0.4) is 0 Å². The Morgan fingerprint density at radius 2 is 1.96 bits per heavy atom. The zero-order valence-electron chi connectivity index (χ0n) is 15.9. The minimum absolute atomic E-state index is 0.240. The number of halogens is 1. The van der Waals surface area contributed by atoms with Crippen molar-refractivity contribution in [1.29, 1.82) is 0 Å². The lowest BCUT2D eigenvalue weighted by molar-refractivity contribution is 0.183. The number of aromatic hydroxyl groups is 1. The van der Waals surface area contributed by atoms with Crippen LogP contribution < -0.4 is 4.74 Å². The van der Waals surface area contributed by atoms with Crippen molar-refractivity contribution in [2.75, 3.05) is 19.6 Å². The highest BCUT2D eigenvalue weighted by Gasteiger charge is 2.42. The smallest absolute Gasteiger partial charge is 0.165 e. The number of hydrogen-bond donors (Lipinski definition) is 1. The van der Waals surface area contributed by atoms with Gasteiger partial charge in [-0.15, -0.1) is 0 Å². The Morgan fingerprint density at radius 1 is 1.22 bits per heavy atom. The first-order valence-electron chi connectivity index (χ1n) is 9.78. The zero-order chi connectivity index (χ0) is 19.0. The number of fused-ring (bicyclic) bond motifs is 1. The maximum atomic E-state index is 13.6. The summed E-state index contributed by atoms with van der Waals surface area (Å²) < 4.78 is 19.7. The van der Waals surface area contributed by atoms with Crippen molar-refractivity contribution in [1.82, 2.24) is 9.88 Å². The molecular weight excluding hydrogens is 343 g/mol. The molecule has 1 saturated heterocycles. The van der Waals surface area contributed by atoms with Crippen molar-refractivity contribution in [2.45, 2.75) is 38.7 Å². The van der Waals surface area contributed by atoms with Crippen molar-refractivity contribution in [3.05, 3.63) is 53.6 Å². The minimum atomic E-state index is -0.539. The second-order valence-corrected chi connectivity index (χ2v) is 8.20. The third kappa shape index (κ3) is 4.08. The van der Waals surface area contributed by atoms with Crippen LogP contribution >= 0.6 is 0 Å². The van der Waals surface area contributed by atoms with E-state index in [1.54, 1.807) is 0 Å². The summed E-state index contributed by atoms with van der Waals surface area (Å²) in [6.07, 6.45) is 4.29. The highest BCUT2D eigenvalue weighted by atomic mass is 19.1. The molecular formula is C22H27FN2O2. The summed E-state index contributed by atoms with van der Waals surface area (Å²) >= 11 is 0. The number of aromatic nitrogens is 1. The maximum Gasteiger partial charge on any atom is 0.165 e. The number of phenols is 1. The molecule has 4 atom stereocenters. The Kier molecular flexibility index (Phi) is 5.04. The number of aryl methyl sites for hydroxylation is 1. The number of pyridine rings is 1. The van der Waals surface area contributed by atoms with E-state index in [0.717, 1.165) is 49.5 Å². The molecule has 2 fully saturated rings. The quantitative estimate of drug-likeness (QED) is 0.860. The Bertz CT molecular complexity index is 781. The van der Waals surface area contributed by atoms with Crippen LogP contribution in [-0.2, 0) is 0 Å². The van der Waals surface area contributed by atoms with Crippen molar-refractivity contribution >= 4 is 0 Å². The van der Waals surface area contributed by atoms with E-state index in [2.05, 4.69) is 16.8 Å². The molecule has 0 spiro atoms. The van der Waals surface area contributed by atoms with Crippen LogP contribution in [-0.4, -0.2) is 40.7 Å². The summed E-state index contributed by atoms with van der Waals surface area (Å²) in [6.45, 7) is 7.19. The van der Waals surface area contributed by atoms with E-state index < -0.39 is 5.82 Å². The molecule has 4 nitrogen and oxygen atoms in total. The van der Waals surface area contributed by atoms with Crippen molar-refractivity contribution in [3.63, 3.8) is 0 Å². The van der Waals surface area contributed by atoms with E-state index in [1.807, 2.05) is 31.3 Å². The first-order chi connectivity index (χ1) is 13.0. The van der Waals surface area contributed by atoms with Crippen LogP contribution in [0.2, 0.25) is 0 Å². The predicted octanol–water partition coefficient (Wildman–Crippen LogP) is 4.13. The molecule has 4 rings (SSSR count). The van der Waals surface area contributed by atoms with E-state index in [0.29, 0.717) is 11.8 Å². The van der Waals surface area contributed by atoms with Gasteiger partial charge in [-0.1, -0.05) is 13.0 Å². The van der Waals surface area contributed by atoms with E-state index in [1.165, 1.54) is 12.1 Å². The Hall–Kier alpha value is -2.14. The minimum Gasteiger partial charge on any atom is -0.505 e. The van der Waals surface area contributed by atoms with Gasteiger partial charge in [0, 0.05) is 25.3 Å². The summed E-state index contributed by atoms with van der Waals surface area (Å²) in [4.78, 5) is 6.80. The average molecular weight is 370 g/mol. The molecule has 2 aromatic rings. The fourth-order valence-electron chi connectivity index (χ4n) is 4.63. The van der Waals surface area contributed by atoms with Crippen LogP contribution in [0.15, 0.2) is 36.5 Å². The van der Waals surface area contributed by atoms with Crippen LogP contribution in [0.4, 0.5) is 4.39 Å². The van der Waals surface area contributed by atoms with Crippen molar-refractivity contribution in [3.8, 4) is 11.5 Å². The molecule has 144 valence electrons. The lowest BCUT2D eigenvalue weighted by Gasteiger charge is -2.23. The Balaban J connectivity index is 1.29. The molecule has 2 aliphatic rings. The normalized spacial score (nSPS) is 26.1. The average Bonchev–Trinajstić information content (AvgIpc) is 3.17. The summed E-state index contributed by atoms with van der Waals surface area (Å²) in [7, 11) is 0. The summed E-state index contributed by atoms with van der Waals surface area (Å²) in [5.74, 6) is 1.64. The molecule has 1 aromatic carbocycles. The summed E-state index contributed by atoms with van der Waals surface area (Å²) in [5.41, 5.74) is 1.94. The van der Waals surface area contributed by atoms with Crippen LogP contribution in [0.5, 0.6) is 11.5 Å². The highest BCUT2D eigenvalue weighted by Crippen LogP contribution is 2.40. The van der Waals surface area contributed by atoms with Crippen LogP contribution in [0, 0.1) is 24.6 Å². The lowest BCUT2D eigenvalue weighted by Crippen LogP contribution is -2.28. The van der Waals surface area contributed by atoms with Gasteiger partial charge in [-0.25, -0.2) is 4.39 Å². The fraction of sp³-hybridized carbons (Fsp3) is 0.500. The summed E-state index contributed by atoms with van der Waals surface area (Å²) in [6, 6.07) is 8.71. The fourth-order valence-corrected chi connectivity index (χ4v) is 4.63. The second kappa shape index (κ2) is 7.47. The van der Waals surface area contributed by atoms with E-state index in [4.69, 9.17) is 4.74 Å². The highest BCUT2D eigenvalue weighted by molar-refractivity contribution is 5.30. The second-order valence-electron chi connectivity index (χ2n) is 8.20. The molecule has 1 aromatic heterocycles. The molecule has 0 radical (unpaired) electrons. The van der Waals surface area contributed by atoms with Gasteiger partial charge in [0.25, 0.3) is 0 Å². The molecule has 1 N–H and O–H groups in total. The third-order valence-corrected chi connectivity index (χ3v) is 6.04. The predicted molar refractivity (Wildman–Crippen MR) is 103 cm³/mol. The van der Waals surface area contributed by atoms with Gasteiger partial charge in [0.1, 0.15) is 5.75 Å². The Labute approximate surface area is 160 Å². The van der Waals surface area contributed by atoms with Gasteiger partial charge in [0.15, 0.2) is 11.6 Å². The maximum absolute atomic E-state index is 13.6. The molecule has 2 heterocycles. The number of rotatable bonds is 5.